The van der Waals surface area contributed by atoms with E-state index in [2.05, 4.69) is 38.1 Å². The van der Waals surface area contributed by atoms with Gasteiger partial charge in [-0.15, -0.1) is 0 Å². The second-order valence-electron chi connectivity index (χ2n) is 3.41. The van der Waals surface area contributed by atoms with Crippen LogP contribution in [0.15, 0.2) is 24.3 Å². The summed E-state index contributed by atoms with van der Waals surface area (Å²) in [6.07, 6.45) is -0.161. The van der Waals surface area contributed by atoms with Gasteiger partial charge in [0.15, 0.2) is 12.3 Å². The van der Waals surface area contributed by atoms with E-state index in [0.29, 0.717) is 5.92 Å². The minimum atomic E-state index is -0.161. The van der Waals surface area contributed by atoms with Crippen LogP contribution in [0.3, 0.4) is 0 Å². The molecule has 1 aromatic carbocycles. The van der Waals surface area contributed by atoms with Crippen molar-refractivity contribution in [3.63, 3.8) is 0 Å². The molecule has 1 saturated heterocycles. The minimum absolute atomic E-state index is 0.161. The summed E-state index contributed by atoms with van der Waals surface area (Å²) in [6, 6.07) is 8.35. The zero-order valence-corrected chi connectivity index (χ0v) is 8.51. The second kappa shape index (κ2) is 3.70. The van der Waals surface area contributed by atoms with Crippen molar-refractivity contribution in [2.24, 2.45) is 0 Å². The van der Waals surface area contributed by atoms with Crippen molar-refractivity contribution in [2.45, 2.75) is 26.1 Å². The molecule has 2 rings (SSSR count). The van der Waals surface area contributed by atoms with Crippen molar-refractivity contribution in [3.05, 3.63) is 35.4 Å². The normalized spacial score (nSPS) is 17.5. The Morgan fingerprint density at radius 1 is 1.15 bits per heavy atom. The maximum absolute atomic E-state index is 5.11. The molecule has 0 aromatic heterocycles. The van der Waals surface area contributed by atoms with Crippen LogP contribution in [0.5, 0.6) is 0 Å². The zero-order valence-electron chi connectivity index (χ0n) is 7.69. The van der Waals surface area contributed by atoms with Gasteiger partial charge in [0, 0.05) is 5.56 Å². The molecule has 1 aromatic rings. The summed E-state index contributed by atoms with van der Waals surface area (Å²) in [7, 11) is 0. The molecule has 0 unspecified atom stereocenters. The Kier molecular flexibility index (Phi) is 2.58. The Morgan fingerprint density at radius 3 is 2.15 bits per heavy atom. The first kappa shape index (κ1) is 9.06. The molecule has 0 N–H and O–H groups in total. The fourth-order valence-corrected chi connectivity index (χ4v) is 1.61. The van der Waals surface area contributed by atoms with Gasteiger partial charge in [-0.2, -0.15) is 0 Å². The van der Waals surface area contributed by atoms with Crippen molar-refractivity contribution in [1.29, 1.82) is 0 Å². The van der Waals surface area contributed by atoms with Crippen LogP contribution in [-0.2, 0) is 8.37 Å². The highest BCUT2D eigenvalue weighted by atomic mass is 32.2. The summed E-state index contributed by atoms with van der Waals surface area (Å²) < 4.78 is 10.2. The van der Waals surface area contributed by atoms with Crippen molar-refractivity contribution < 1.29 is 8.37 Å². The number of hydrogen-bond acceptors (Lipinski definition) is 3. The standard InChI is InChI=1S/C10H12O2S/c1-7(2)8-3-5-9(6-4-8)10-11-13-12-10/h3-7,10H,1-2H3. The number of hydrogen-bond donors (Lipinski definition) is 0. The average molecular weight is 196 g/mol. The average Bonchev–Trinajstić information content (AvgIpc) is 2.02. The van der Waals surface area contributed by atoms with E-state index in [4.69, 9.17) is 8.37 Å². The molecule has 1 aliphatic heterocycles. The molecule has 0 saturated carbocycles. The molecule has 1 heterocycles. The van der Waals surface area contributed by atoms with E-state index in [1.807, 2.05) is 0 Å². The summed E-state index contributed by atoms with van der Waals surface area (Å²) in [4.78, 5) is 0. The lowest BCUT2D eigenvalue weighted by atomic mass is 10.0. The van der Waals surface area contributed by atoms with Crippen LogP contribution in [0, 0.1) is 0 Å². The molecule has 0 atom stereocenters. The first-order valence-electron chi connectivity index (χ1n) is 4.36. The Bertz CT molecular complexity index is 277. The van der Waals surface area contributed by atoms with Crippen LogP contribution in [0.4, 0.5) is 0 Å². The van der Waals surface area contributed by atoms with E-state index in [1.54, 1.807) is 0 Å². The highest BCUT2D eigenvalue weighted by molar-refractivity contribution is 7.90. The third kappa shape index (κ3) is 1.88. The van der Waals surface area contributed by atoms with Crippen molar-refractivity contribution >= 4 is 12.3 Å². The van der Waals surface area contributed by atoms with Gasteiger partial charge < -0.3 is 0 Å². The molecule has 0 bridgehead atoms. The van der Waals surface area contributed by atoms with Gasteiger partial charge in [-0.3, -0.25) is 8.37 Å². The largest absolute Gasteiger partial charge is 0.254 e. The monoisotopic (exact) mass is 196 g/mol. The van der Waals surface area contributed by atoms with Gasteiger partial charge in [0.1, 0.15) is 0 Å². The third-order valence-corrected chi connectivity index (χ3v) is 2.64. The number of benzene rings is 1. The number of rotatable bonds is 2. The molecule has 3 heteroatoms. The molecule has 0 amide bonds. The minimum Gasteiger partial charge on any atom is -0.254 e. The summed E-state index contributed by atoms with van der Waals surface area (Å²) in [5.41, 5.74) is 2.43. The Hall–Kier alpha value is -0.510. The van der Waals surface area contributed by atoms with E-state index >= 15 is 0 Å². The van der Waals surface area contributed by atoms with Crippen molar-refractivity contribution in [3.8, 4) is 0 Å². The second-order valence-corrected chi connectivity index (χ2v) is 3.93. The summed E-state index contributed by atoms with van der Waals surface area (Å²) in [5, 5.41) is 0. The zero-order chi connectivity index (χ0) is 9.26. The lowest BCUT2D eigenvalue weighted by Crippen LogP contribution is -2.10. The van der Waals surface area contributed by atoms with E-state index in [-0.39, 0.29) is 6.29 Å². The van der Waals surface area contributed by atoms with Crippen LogP contribution >= 0.6 is 12.3 Å². The van der Waals surface area contributed by atoms with Gasteiger partial charge >= 0.3 is 0 Å². The fraction of sp³-hybridized carbons (Fsp3) is 0.400. The molecule has 1 aliphatic rings. The molecule has 70 valence electrons. The highest BCUT2D eigenvalue weighted by Gasteiger charge is 2.23. The summed E-state index contributed by atoms with van der Waals surface area (Å²) >= 11 is 1.05. The summed E-state index contributed by atoms with van der Waals surface area (Å²) in [5.74, 6) is 0.576. The van der Waals surface area contributed by atoms with E-state index in [1.165, 1.54) is 5.56 Å². The van der Waals surface area contributed by atoms with Crippen LogP contribution in [0.2, 0.25) is 0 Å². The lowest BCUT2D eigenvalue weighted by molar-refractivity contribution is -0.0429. The van der Waals surface area contributed by atoms with Gasteiger partial charge in [-0.05, 0) is 11.5 Å². The van der Waals surface area contributed by atoms with Gasteiger partial charge in [0.05, 0.1) is 0 Å². The molecule has 2 nitrogen and oxygen atoms in total. The van der Waals surface area contributed by atoms with Gasteiger partial charge in [-0.25, -0.2) is 0 Å². The molecule has 13 heavy (non-hydrogen) atoms. The fourth-order valence-electron chi connectivity index (χ4n) is 1.23. The summed E-state index contributed by atoms with van der Waals surface area (Å²) in [6.45, 7) is 4.36. The van der Waals surface area contributed by atoms with Gasteiger partial charge in [0.2, 0.25) is 6.29 Å². The van der Waals surface area contributed by atoms with Crippen LogP contribution in [0.25, 0.3) is 0 Å². The Morgan fingerprint density at radius 2 is 1.77 bits per heavy atom. The highest BCUT2D eigenvalue weighted by Crippen LogP contribution is 2.38. The van der Waals surface area contributed by atoms with Crippen LogP contribution in [0.1, 0.15) is 37.2 Å². The lowest BCUT2D eigenvalue weighted by Gasteiger charge is -2.23. The predicted molar refractivity (Wildman–Crippen MR) is 53.0 cm³/mol. The van der Waals surface area contributed by atoms with Gasteiger partial charge in [-0.1, -0.05) is 38.1 Å². The Labute approximate surface area is 82.7 Å². The smallest absolute Gasteiger partial charge is 0.214 e. The quantitative estimate of drug-likeness (QED) is 0.675. The van der Waals surface area contributed by atoms with E-state index in [9.17, 15) is 0 Å². The molecular formula is C10H12O2S. The topological polar surface area (TPSA) is 18.5 Å². The first-order valence-corrected chi connectivity index (χ1v) is 5.02. The molecule has 0 aliphatic carbocycles. The van der Waals surface area contributed by atoms with Crippen LogP contribution < -0.4 is 0 Å². The Balaban J connectivity index is 2.13. The predicted octanol–water partition coefficient (Wildman–Crippen LogP) is 3.42. The first-order chi connectivity index (χ1) is 6.27. The van der Waals surface area contributed by atoms with Crippen molar-refractivity contribution in [2.75, 3.05) is 0 Å². The van der Waals surface area contributed by atoms with Gasteiger partial charge in [0.25, 0.3) is 0 Å². The maximum atomic E-state index is 5.11. The SMILES string of the molecule is CC(C)c1ccc(C2OSO2)cc1. The van der Waals surface area contributed by atoms with E-state index < -0.39 is 0 Å². The third-order valence-electron chi connectivity index (χ3n) is 2.13. The van der Waals surface area contributed by atoms with Crippen LogP contribution in [-0.4, -0.2) is 0 Å². The molecule has 0 spiro atoms. The maximum Gasteiger partial charge on any atom is 0.214 e. The molecular weight excluding hydrogens is 184 g/mol. The molecule has 1 fully saturated rings. The van der Waals surface area contributed by atoms with Crippen molar-refractivity contribution in [1.82, 2.24) is 0 Å². The van der Waals surface area contributed by atoms with E-state index in [0.717, 1.165) is 17.9 Å². The molecule has 0 radical (unpaired) electrons.